The molecule has 0 saturated carbocycles. The van der Waals surface area contributed by atoms with Crippen molar-refractivity contribution < 1.29 is 54.1 Å². The van der Waals surface area contributed by atoms with Gasteiger partial charge >= 0.3 is 5.97 Å². The van der Waals surface area contributed by atoms with Crippen molar-refractivity contribution in [2.24, 2.45) is 5.41 Å². The van der Waals surface area contributed by atoms with E-state index in [1.165, 1.54) is 6.92 Å². The van der Waals surface area contributed by atoms with Crippen molar-refractivity contribution in [2.75, 3.05) is 6.61 Å². The highest BCUT2D eigenvalue weighted by Crippen LogP contribution is 2.41. The molecule has 12 heteroatoms. The van der Waals surface area contributed by atoms with Crippen LogP contribution in [0.4, 0.5) is 0 Å². The third-order valence-electron chi connectivity index (χ3n) is 8.63. The van der Waals surface area contributed by atoms with Gasteiger partial charge in [-0.1, -0.05) is 47.5 Å². The Bertz CT molecular complexity index is 816. The summed E-state index contributed by atoms with van der Waals surface area (Å²) in [6, 6.07) is -0.942. The smallest absolute Gasteiger partial charge is 0.335 e. The molecular weight excluding hydrogens is 526 g/mol. The molecular formula is C28H51NO11. The number of amides is 1. The van der Waals surface area contributed by atoms with Crippen molar-refractivity contribution in [3.05, 3.63) is 0 Å². The SMILES string of the molecule is CCCC(C)(CCC)O[C@@H]1C(C(=O)O)O[C@@H](OC2C(NC(C)=O)[C@H](C(C)(CC)CC)OC(CO)[C@H]2O)C(O)C1O. The van der Waals surface area contributed by atoms with E-state index in [-0.39, 0.29) is 0 Å². The molecule has 2 saturated heterocycles. The first kappa shape index (κ1) is 34.8. The summed E-state index contributed by atoms with van der Waals surface area (Å²) in [5, 5.41) is 56.0. The van der Waals surface area contributed by atoms with E-state index in [0.717, 1.165) is 12.8 Å². The van der Waals surface area contributed by atoms with Crippen LogP contribution in [0, 0.1) is 5.41 Å². The van der Waals surface area contributed by atoms with E-state index in [2.05, 4.69) is 5.32 Å². The molecule has 40 heavy (non-hydrogen) atoms. The second-order valence-electron chi connectivity index (χ2n) is 11.7. The zero-order chi connectivity index (χ0) is 30.4. The molecule has 6 unspecified atom stereocenters. The van der Waals surface area contributed by atoms with E-state index in [1.54, 1.807) is 0 Å². The number of aliphatic hydroxyl groups is 4. The number of nitrogens with one attached hydrogen (secondary N) is 1. The molecule has 234 valence electrons. The van der Waals surface area contributed by atoms with Crippen molar-refractivity contribution in [3.8, 4) is 0 Å². The Morgan fingerprint density at radius 2 is 1.48 bits per heavy atom. The van der Waals surface area contributed by atoms with Crippen LogP contribution in [0.2, 0.25) is 0 Å². The Morgan fingerprint density at radius 3 is 1.93 bits per heavy atom. The predicted octanol–water partition coefficient (Wildman–Crippen LogP) is 1.10. The van der Waals surface area contributed by atoms with Gasteiger partial charge in [0, 0.05) is 6.92 Å². The maximum absolute atomic E-state index is 12.3. The lowest BCUT2D eigenvalue weighted by molar-refractivity contribution is -0.340. The molecule has 0 radical (unpaired) electrons. The lowest BCUT2D eigenvalue weighted by Gasteiger charge is -2.52. The summed E-state index contributed by atoms with van der Waals surface area (Å²) in [7, 11) is 0. The minimum absolute atomic E-state index is 0.426. The highest BCUT2D eigenvalue weighted by atomic mass is 16.7. The topological polar surface area (TPSA) is 184 Å². The number of aliphatic carboxylic acids is 1. The first-order valence-corrected chi connectivity index (χ1v) is 14.5. The molecule has 2 heterocycles. The van der Waals surface area contributed by atoms with Crippen LogP contribution in [0.3, 0.4) is 0 Å². The molecule has 12 nitrogen and oxygen atoms in total. The van der Waals surface area contributed by atoms with E-state index in [0.29, 0.717) is 25.7 Å². The normalized spacial score (nSPS) is 35.4. The zero-order valence-electron chi connectivity index (χ0n) is 24.9. The van der Waals surface area contributed by atoms with Crippen LogP contribution >= 0.6 is 0 Å². The van der Waals surface area contributed by atoms with E-state index in [1.807, 2.05) is 41.5 Å². The standard InChI is InChI=1S/C28H51NO11/c1-8-12-28(7,13-9-2)40-22-19(33)20(34)26(39-23(22)25(35)36)38-21-17(29-15(5)31)24(27(6,10-3)11-4)37-16(14-30)18(21)32/h16-24,26,30,32-34H,8-14H2,1-7H3,(H,29,31)(H,35,36)/t16?,17?,18-,19?,20?,21?,22+,23?,24-,26-/m1/s1. The first-order valence-electron chi connectivity index (χ1n) is 14.5. The molecule has 0 aromatic carbocycles. The minimum Gasteiger partial charge on any atom is -0.479 e. The van der Waals surface area contributed by atoms with Gasteiger partial charge in [0.1, 0.15) is 36.6 Å². The summed E-state index contributed by atoms with van der Waals surface area (Å²) in [5.41, 5.74) is -1.25. The fourth-order valence-corrected chi connectivity index (χ4v) is 5.97. The molecule has 0 aliphatic carbocycles. The Hall–Kier alpha value is -1.38. The van der Waals surface area contributed by atoms with Crippen LogP contribution in [0.15, 0.2) is 0 Å². The number of hydrogen-bond acceptors (Lipinski definition) is 10. The number of carboxylic acids is 1. The molecule has 0 aromatic rings. The molecule has 2 fully saturated rings. The molecule has 2 aliphatic rings. The maximum atomic E-state index is 12.3. The molecule has 2 aliphatic heterocycles. The minimum atomic E-state index is -1.74. The van der Waals surface area contributed by atoms with Gasteiger partial charge in [-0.2, -0.15) is 0 Å². The molecule has 0 bridgehead atoms. The van der Waals surface area contributed by atoms with Crippen molar-refractivity contribution in [1.29, 1.82) is 0 Å². The Labute approximate surface area is 237 Å². The second-order valence-corrected chi connectivity index (χ2v) is 11.7. The van der Waals surface area contributed by atoms with Gasteiger partial charge in [-0.3, -0.25) is 4.79 Å². The number of aliphatic hydroxyl groups excluding tert-OH is 4. The van der Waals surface area contributed by atoms with Crippen LogP contribution < -0.4 is 5.32 Å². The van der Waals surface area contributed by atoms with Crippen molar-refractivity contribution in [2.45, 2.75) is 154 Å². The quantitative estimate of drug-likeness (QED) is 0.174. The van der Waals surface area contributed by atoms with Crippen LogP contribution in [0.25, 0.3) is 0 Å². The van der Waals surface area contributed by atoms with Crippen LogP contribution in [0.5, 0.6) is 0 Å². The average Bonchev–Trinajstić information content (AvgIpc) is 2.89. The van der Waals surface area contributed by atoms with Gasteiger partial charge in [-0.15, -0.1) is 0 Å². The highest BCUT2D eigenvalue weighted by molar-refractivity contribution is 5.74. The number of ether oxygens (including phenoxy) is 4. The maximum Gasteiger partial charge on any atom is 0.335 e. The third-order valence-corrected chi connectivity index (χ3v) is 8.63. The van der Waals surface area contributed by atoms with Gasteiger partial charge in [-0.25, -0.2) is 4.79 Å². The summed E-state index contributed by atoms with van der Waals surface area (Å²) in [6.45, 7) is 12.4. The van der Waals surface area contributed by atoms with Crippen LogP contribution in [-0.2, 0) is 28.5 Å². The second kappa shape index (κ2) is 14.7. The summed E-state index contributed by atoms with van der Waals surface area (Å²) in [6.07, 6.45) is -8.72. The number of carbonyl (C=O) groups is 2. The molecule has 2 rings (SSSR count). The number of carboxylic acid groups (broad SMARTS) is 1. The number of hydrogen-bond donors (Lipinski definition) is 6. The van der Waals surface area contributed by atoms with Gasteiger partial charge < -0.3 is 49.8 Å². The highest BCUT2D eigenvalue weighted by Gasteiger charge is 2.56. The number of carbonyl (C=O) groups excluding carboxylic acids is 1. The molecule has 1 amide bonds. The summed E-state index contributed by atoms with van der Waals surface area (Å²) in [4.78, 5) is 24.5. The third kappa shape index (κ3) is 7.71. The van der Waals surface area contributed by atoms with Gasteiger partial charge in [0.15, 0.2) is 12.4 Å². The van der Waals surface area contributed by atoms with Crippen molar-refractivity contribution >= 4 is 11.9 Å². The van der Waals surface area contributed by atoms with E-state index >= 15 is 0 Å². The van der Waals surface area contributed by atoms with Gasteiger partial charge in [0.05, 0.1) is 24.4 Å². The molecule has 0 spiro atoms. The predicted molar refractivity (Wildman–Crippen MR) is 144 cm³/mol. The summed E-state index contributed by atoms with van der Waals surface area (Å²) >= 11 is 0. The van der Waals surface area contributed by atoms with E-state index < -0.39 is 90.7 Å². The van der Waals surface area contributed by atoms with Gasteiger partial charge in [0.2, 0.25) is 5.91 Å². The largest absolute Gasteiger partial charge is 0.479 e. The van der Waals surface area contributed by atoms with Crippen LogP contribution in [0.1, 0.15) is 87.0 Å². The number of rotatable bonds is 14. The average molecular weight is 578 g/mol. The fourth-order valence-electron chi connectivity index (χ4n) is 5.97. The lowest BCUT2D eigenvalue weighted by Crippen LogP contribution is -2.70. The molecule has 6 N–H and O–H groups in total. The monoisotopic (exact) mass is 577 g/mol. The summed E-state index contributed by atoms with van der Waals surface area (Å²) in [5.74, 6) is -1.84. The molecule has 10 atom stereocenters. The van der Waals surface area contributed by atoms with Crippen molar-refractivity contribution in [3.63, 3.8) is 0 Å². The van der Waals surface area contributed by atoms with Gasteiger partial charge in [0.25, 0.3) is 0 Å². The summed E-state index contributed by atoms with van der Waals surface area (Å²) < 4.78 is 24.0. The Morgan fingerprint density at radius 1 is 0.900 bits per heavy atom. The van der Waals surface area contributed by atoms with Crippen molar-refractivity contribution in [1.82, 2.24) is 5.32 Å². The Kier molecular flexibility index (Phi) is 12.8. The Balaban J connectivity index is 2.44. The van der Waals surface area contributed by atoms with Crippen LogP contribution in [-0.4, -0.2) is 111 Å². The molecule has 0 aromatic heterocycles. The van der Waals surface area contributed by atoms with E-state index in [4.69, 9.17) is 18.9 Å². The first-order chi connectivity index (χ1) is 18.7. The lowest BCUT2D eigenvalue weighted by atomic mass is 9.72. The van der Waals surface area contributed by atoms with Gasteiger partial charge in [-0.05, 0) is 38.0 Å². The van der Waals surface area contributed by atoms with E-state index in [9.17, 15) is 35.1 Å². The zero-order valence-corrected chi connectivity index (χ0v) is 24.9. The fraction of sp³-hybridized carbons (Fsp3) is 0.929.